The third kappa shape index (κ3) is 3.31. The van der Waals surface area contributed by atoms with Gasteiger partial charge in [-0.1, -0.05) is 0 Å². The molecule has 1 saturated carbocycles. The Balaban J connectivity index is 1.66. The lowest BCUT2D eigenvalue weighted by Gasteiger charge is -2.34. The number of piperidine rings is 1. The third-order valence-corrected chi connectivity index (χ3v) is 4.39. The first-order chi connectivity index (χ1) is 9.34. The molecule has 2 heterocycles. The van der Waals surface area contributed by atoms with Gasteiger partial charge in [-0.2, -0.15) is 0 Å². The lowest BCUT2D eigenvalue weighted by atomic mass is 9.98. The molecular weight excluding hydrogens is 236 g/mol. The highest BCUT2D eigenvalue weighted by Gasteiger charge is 2.34. The van der Waals surface area contributed by atoms with Crippen molar-refractivity contribution in [1.29, 1.82) is 0 Å². The van der Waals surface area contributed by atoms with Crippen LogP contribution in [0.5, 0.6) is 0 Å². The number of rotatable bonds is 5. The molecule has 0 amide bonds. The SMILES string of the molecule is CC(c1cnccn1)N(CC1CCCNC1)C1CC1. The predicted octanol–water partition coefficient (Wildman–Crippen LogP) is 2.00. The van der Waals surface area contributed by atoms with Gasteiger partial charge in [-0.3, -0.25) is 14.9 Å². The lowest BCUT2D eigenvalue weighted by Crippen LogP contribution is -2.40. The van der Waals surface area contributed by atoms with Crippen LogP contribution in [0.2, 0.25) is 0 Å². The first-order valence-electron chi connectivity index (χ1n) is 7.57. The van der Waals surface area contributed by atoms with E-state index in [1.165, 1.54) is 45.3 Å². The van der Waals surface area contributed by atoms with Crippen molar-refractivity contribution in [1.82, 2.24) is 20.2 Å². The molecule has 0 bridgehead atoms. The first-order valence-corrected chi connectivity index (χ1v) is 7.57. The second-order valence-corrected chi connectivity index (χ2v) is 5.95. The summed E-state index contributed by atoms with van der Waals surface area (Å²) in [5.74, 6) is 0.800. The van der Waals surface area contributed by atoms with Crippen LogP contribution < -0.4 is 5.32 Å². The van der Waals surface area contributed by atoms with Crippen molar-refractivity contribution in [2.75, 3.05) is 19.6 Å². The monoisotopic (exact) mass is 260 g/mol. The van der Waals surface area contributed by atoms with Crippen molar-refractivity contribution >= 4 is 0 Å². The molecule has 0 radical (unpaired) electrons. The second-order valence-electron chi connectivity index (χ2n) is 5.95. The van der Waals surface area contributed by atoms with E-state index >= 15 is 0 Å². The number of hydrogen-bond donors (Lipinski definition) is 1. The molecule has 0 spiro atoms. The Labute approximate surface area is 115 Å². The molecule has 1 aliphatic heterocycles. The first kappa shape index (κ1) is 13.0. The minimum atomic E-state index is 0.392. The summed E-state index contributed by atoms with van der Waals surface area (Å²) in [7, 11) is 0. The fourth-order valence-electron chi connectivity index (χ4n) is 3.10. The number of nitrogens with zero attached hydrogens (tertiary/aromatic N) is 3. The fraction of sp³-hybridized carbons (Fsp3) is 0.733. The molecule has 2 unspecified atom stereocenters. The van der Waals surface area contributed by atoms with Gasteiger partial charge < -0.3 is 5.32 Å². The van der Waals surface area contributed by atoms with Crippen LogP contribution in [0.15, 0.2) is 18.6 Å². The Bertz CT molecular complexity index is 384. The van der Waals surface area contributed by atoms with E-state index in [1.807, 2.05) is 6.20 Å². The van der Waals surface area contributed by atoms with E-state index in [4.69, 9.17) is 0 Å². The fourth-order valence-corrected chi connectivity index (χ4v) is 3.10. The molecule has 3 rings (SSSR count). The van der Waals surface area contributed by atoms with Crippen molar-refractivity contribution in [3.05, 3.63) is 24.3 Å². The second kappa shape index (κ2) is 5.97. The van der Waals surface area contributed by atoms with Crippen LogP contribution in [-0.2, 0) is 0 Å². The van der Waals surface area contributed by atoms with E-state index in [2.05, 4.69) is 27.1 Å². The van der Waals surface area contributed by atoms with Gasteiger partial charge in [0.05, 0.1) is 11.7 Å². The third-order valence-electron chi connectivity index (χ3n) is 4.39. The van der Waals surface area contributed by atoms with Crippen molar-refractivity contribution in [2.24, 2.45) is 5.92 Å². The Morgan fingerprint density at radius 1 is 1.37 bits per heavy atom. The van der Waals surface area contributed by atoms with E-state index in [9.17, 15) is 0 Å². The summed E-state index contributed by atoms with van der Waals surface area (Å²) in [6.45, 7) is 5.85. The van der Waals surface area contributed by atoms with Crippen molar-refractivity contribution in [3.63, 3.8) is 0 Å². The van der Waals surface area contributed by atoms with Gasteiger partial charge in [-0.25, -0.2) is 0 Å². The quantitative estimate of drug-likeness (QED) is 0.879. The van der Waals surface area contributed by atoms with Gasteiger partial charge in [0, 0.05) is 31.2 Å². The smallest absolute Gasteiger partial charge is 0.0755 e. The highest BCUT2D eigenvalue weighted by Crippen LogP contribution is 2.34. The molecule has 2 aliphatic rings. The maximum absolute atomic E-state index is 4.48. The average Bonchev–Trinajstić information content (AvgIpc) is 3.31. The van der Waals surface area contributed by atoms with E-state index in [0.29, 0.717) is 6.04 Å². The van der Waals surface area contributed by atoms with Crippen LogP contribution in [0.3, 0.4) is 0 Å². The van der Waals surface area contributed by atoms with Crippen molar-refractivity contribution in [2.45, 2.75) is 44.7 Å². The van der Waals surface area contributed by atoms with Gasteiger partial charge in [-0.05, 0) is 51.6 Å². The van der Waals surface area contributed by atoms with Crippen LogP contribution in [0, 0.1) is 5.92 Å². The van der Waals surface area contributed by atoms with Gasteiger partial charge in [0.2, 0.25) is 0 Å². The van der Waals surface area contributed by atoms with Gasteiger partial charge in [0.1, 0.15) is 0 Å². The molecule has 4 nitrogen and oxygen atoms in total. The summed E-state index contributed by atoms with van der Waals surface area (Å²) in [5, 5.41) is 3.52. The van der Waals surface area contributed by atoms with Gasteiger partial charge in [0.25, 0.3) is 0 Å². The number of hydrogen-bond acceptors (Lipinski definition) is 4. The average molecular weight is 260 g/mol. The topological polar surface area (TPSA) is 41.1 Å². The molecule has 2 fully saturated rings. The van der Waals surface area contributed by atoms with Gasteiger partial charge in [-0.15, -0.1) is 0 Å². The molecule has 104 valence electrons. The maximum Gasteiger partial charge on any atom is 0.0755 e. The molecule has 19 heavy (non-hydrogen) atoms. The Kier molecular flexibility index (Phi) is 4.09. The molecule has 2 atom stereocenters. The molecular formula is C15H24N4. The van der Waals surface area contributed by atoms with Crippen LogP contribution in [0.1, 0.15) is 44.3 Å². The van der Waals surface area contributed by atoms with Crippen LogP contribution in [0.4, 0.5) is 0 Å². The highest BCUT2D eigenvalue weighted by atomic mass is 15.2. The number of nitrogens with one attached hydrogen (secondary N) is 1. The van der Waals surface area contributed by atoms with Crippen molar-refractivity contribution < 1.29 is 0 Å². The highest BCUT2D eigenvalue weighted by molar-refractivity contribution is 5.04. The predicted molar refractivity (Wildman–Crippen MR) is 75.8 cm³/mol. The summed E-state index contributed by atoms with van der Waals surface area (Å²) in [4.78, 5) is 11.4. The zero-order chi connectivity index (χ0) is 13.1. The molecule has 0 aromatic carbocycles. The summed E-state index contributed by atoms with van der Waals surface area (Å²) >= 11 is 0. The molecule has 1 aliphatic carbocycles. The maximum atomic E-state index is 4.48. The summed E-state index contributed by atoms with van der Waals surface area (Å²) in [6, 6.07) is 1.17. The molecule has 1 aromatic heterocycles. The van der Waals surface area contributed by atoms with E-state index in [1.54, 1.807) is 12.4 Å². The zero-order valence-electron chi connectivity index (χ0n) is 11.8. The zero-order valence-corrected chi connectivity index (χ0v) is 11.8. The Hall–Kier alpha value is -1.00. The minimum Gasteiger partial charge on any atom is -0.316 e. The van der Waals surface area contributed by atoms with E-state index in [-0.39, 0.29) is 0 Å². The summed E-state index contributed by atoms with van der Waals surface area (Å²) in [5.41, 5.74) is 1.11. The van der Waals surface area contributed by atoms with Crippen molar-refractivity contribution in [3.8, 4) is 0 Å². The normalized spacial score (nSPS) is 25.5. The van der Waals surface area contributed by atoms with Gasteiger partial charge >= 0.3 is 0 Å². The number of aromatic nitrogens is 2. The summed E-state index contributed by atoms with van der Waals surface area (Å²) in [6.07, 6.45) is 10.9. The van der Waals surface area contributed by atoms with E-state index < -0.39 is 0 Å². The largest absolute Gasteiger partial charge is 0.316 e. The lowest BCUT2D eigenvalue weighted by molar-refractivity contribution is 0.151. The van der Waals surface area contributed by atoms with Crippen LogP contribution in [-0.4, -0.2) is 40.5 Å². The molecule has 1 aromatic rings. The van der Waals surface area contributed by atoms with Crippen LogP contribution in [0.25, 0.3) is 0 Å². The Morgan fingerprint density at radius 2 is 2.26 bits per heavy atom. The molecule has 4 heteroatoms. The molecule has 1 saturated heterocycles. The van der Waals surface area contributed by atoms with Gasteiger partial charge in [0.15, 0.2) is 0 Å². The summed E-state index contributed by atoms with van der Waals surface area (Å²) < 4.78 is 0. The minimum absolute atomic E-state index is 0.392. The van der Waals surface area contributed by atoms with E-state index in [0.717, 1.165) is 17.7 Å². The Morgan fingerprint density at radius 3 is 2.89 bits per heavy atom. The molecule has 1 N–H and O–H groups in total. The standard InChI is InChI=1S/C15H24N4/c1-12(15-10-17-7-8-18-15)19(14-4-5-14)11-13-3-2-6-16-9-13/h7-8,10,12-14,16H,2-6,9,11H2,1H3. The van der Waals surface area contributed by atoms with Crippen LogP contribution >= 0.6 is 0 Å².